The van der Waals surface area contributed by atoms with Gasteiger partial charge in [-0.2, -0.15) is 5.10 Å². The highest BCUT2D eigenvalue weighted by atomic mass is 16.2. The Balaban J connectivity index is 1.58. The molecular weight excluding hydrogens is 350 g/mol. The van der Waals surface area contributed by atoms with E-state index in [0.717, 1.165) is 54.6 Å². The molecule has 0 unspecified atom stereocenters. The highest BCUT2D eigenvalue weighted by Crippen LogP contribution is 2.32. The molecule has 1 aromatic carbocycles. The van der Waals surface area contributed by atoms with Gasteiger partial charge in [0.25, 0.3) is 5.91 Å². The van der Waals surface area contributed by atoms with Crippen molar-refractivity contribution >= 4 is 22.5 Å². The fourth-order valence-corrected chi connectivity index (χ4v) is 4.10. The van der Waals surface area contributed by atoms with E-state index in [9.17, 15) is 4.79 Å². The summed E-state index contributed by atoms with van der Waals surface area (Å²) in [6.07, 6.45) is 4.82. The maximum absolute atomic E-state index is 13.1. The number of anilines is 1. The van der Waals surface area contributed by atoms with E-state index in [2.05, 4.69) is 12.0 Å². The number of nitrogen functional groups attached to an aromatic ring is 1. The molecule has 0 spiro atoms. The van der Waals surface area contributed by atoms with Crippen LogP contribution in [0, 0.1) is 6.92 Å². The fourth-order valence-electron chi connectivity index (χ4n) is 4.10. The number of amides is 1. The molecule has 146 valence electrons. The number of para-hydroxylation sites is 1. The van der Waals surface area contributed by atoms with Crippen molar-refractivity contribution in [2.75, 3.05) is 18.8 Å². The summed E-state index contributed by atoms with van der Waals surface area (Å²) in [6.45, 7) is 6.25. The SMILES string of the molecule is CCCn1cc(C(=O)N2CCC[C@@H](c3nc4ccccc4cc3N)C2)c(C)n1. The molecule has 1 fully saturated rings. The first kappa shape index (κ1) is 18.5. The largest absolute Gasteiger partial charge is 0.397 e. The Morgan fingerprint density at radius 1 is 1.32 bits per heavy atom. The summed E-state index contributed by atoms with van der Waals surface area (Å²) in [5, 5.41) is 5.53. The van der Waals surface area contributed by atoms with Crippen molar-refractivity contribution in [3.05, 3.63) is 53.5 Å². The van der Waals surface area contributed by atoms with E-state index < -0.39 is 0 Å². The Bertz CT molecular complexity index is 1010. The number of piperidine rings is 1. The molecule has 1 amide bonds. The molecule has 2 aromatic heterocycles. The number of carbonyl (C=O) groups is 1. The van der Waals surface area contributed by atoms with Crippen molar-refractivity contribution in [1.82, 2.24) is 19.7 Å². The summed E-state index contributed by atoms with van der Waals surface area (Å²) in [5.74, 6) is 0.220. The molecule has 4 rings (SSSR count). The van der Waals surface area contributed by atoms with E-state index in [-0.39, 0.29) is 11.8 Å². The number of aromatic nitrogens is 3. The van der Waals surface area contributed by atoms with Crippen LogP contribution < -0.4 is 5.73 Å². The Morgan fingerprint density at radius 3 is 2.96 bits per heavy atom. The van der Waals surface area contributed by atoms with Crippen LogP contribution in [0.15, 0.2) is 36.5 Å². The summed E-state index contributed by atoms with van der Waals surface area (Å²) < 4.78 is 1.87. The Labute approximate surface area is 165 Å². The van der Waals surface area contributed by atoms with Crippen molar-refractivity contribution in [2.45, 2.75) is 45.6 Å². The highest BCUT2D eigenvalue weighted by Gasteiger charge is 2.29. The normalized spacial score (nSPS) is 17.2. The topological polar surface area (TPSA) is 77.0 Å². The molecule has 1 saturated heterocycles. The van der Waals surface area contributed by atoms with Crippen molar-refractivity contribution in [3.63, 3.8) is 0 Å². The molecule has 0 bridgehead atoms. The summed E-state index contributed by atoms with van der Waals surface area (Å²) in [5.41, 5.74) is 10.4. The van der Waals surface area contributed by atoms with Gasteiger partial charge in [-0.25, -0.2) is 0 Å². The summed E-state index contributed by atoms with van der Waals surface area (Å²) in [6, 6.07) is 10.0. The van der Waals surface area contributed by atoms with E-state index in [1.807, 2.05) is 53.0 Å². The van der Waals surface area contributed by atoms with Gasteiger partial charge in [0.15, 0.2) is 0 Å². The lowest BCUT2D eigenvalue weighted by Gasteiger charge is -2.33. The molecule has 1 atom stereocenters. The van der Waals surface area contributed by atoms with Gasteiger partial charge in [-0.1, -0.05) is 25.1 Å². The van der Waals surface area contributed by atoms with Crippen molar-refractivity contribution in [3.8, 4) is 0 Å². The molecule has 6 heteroatoms. The van der Waals surface area contributed by atoms with Crippen LogP contribution in [0.4, 0.5) is 5.69 Å². The van der Waals surface area contributed by atoms with Crippen LogP contribution >= 0.6 is 0 Å². The molecule has 2 N–H and O–H groups in total. The van der Waals surface area contributed by atoms with Crippen LogP contribution in [0.3, 0.4) is 0 Å². The second-order valence-electron chi connectivity index (χ2n) is 7.64. The van der Waals surface area contributed by atoms with Crippen LogP contribution in [0.1, 0.15) is 53.8 Å². The maximum Gasteiger partial charge on any atom is 0.257 e. The van der Waals surface area contributed by atoms with Crippen LogP contribution in [-0.4, -0.2) is 38.7 Å². The average Bonchev–Trinajstić information content (AvgIpc) is 3.07. The number of nitrogens with two attached hydrogens (primary N) is 1. The Morgan fingerprint density at radius 2 is 2.14 bits per heavy atom. The number of hydrogen-bond acceptors (Lipinski definition) is 4. The number of fused-ring (bicyclic) bond motifs is 1. The lowest BCUT2D eigenvalue weighted by Crippen LogP contribution is -2.39. The van der Waals surface area contributed by atoms with Gasteiger partial charge in [0.1, 0.15) is 0 Å². The zero-order valence-corrected chi connectivity index (χ0v) is 16.6. The van der Waals surface area contributed by atoms with Gasteiger partial charge in [0, 0.05) is 37.1 Å². The first-order valence-electron chi connectivity index (χ1n) is 10.0. The van der Waals surface area contributed by atoms with Gasteiger partial charge in [-0.05, 0) is 38.3 Å². The predicted molar refractivity (Wildman–Crippen MR) is 111 cm³/mol. The molecule has 0 radical (unpaired) electrons. The fraction of sp³-hybridized carbons (Fsp3) is 0.409. The monoisotopic (exact) mass is 377 g/mol. The van der Waals surface area contributed by atoms with Crippen LogP contribution in [0.2, 0.25) is 0 Å². The minimum absolute atomic E-state index is 0.0592. The van der Waals surface area contributed by atoms with E-state index in [1.54, 1.807) is 0 Å². The molecule has 0 aliphatic carbocycles. The standard InChI is InChI=1S/C22H27N5O/c1-3-10-27-14-18(15(2)25-27)22(28)26-11-6-8-17(13-26)21-19(23)12-16-7-4-5-9-20(16)24-21/h4-5,7,9,12,14,17H,3,6,8,10-11,13,23H2,1-2H3/t17-/m1/s1. The van der Waals surface area contributed by atoms with Gasteiger partial charge >= 0.3 is 0 Å². The number of carbonyl (C=O) groups excluding carboxylic acids is 1. The second-order valence-corrected chi connectivity index (χ2v) is 7.64. The number of benzene rings is 1. The number of aryl methyl sites for hydroxylation is 2. The van der Waals surface area contributed by atoms with Gasteiger partial charge in [-0.15, -0.1) is 0 Å². The minimum Gasteiger partial charge on any atom is -0.397 e. The molecule has 6 nitrogen and oxygen atoms in total. The van der Waals surface area contributed by atoms with Crippen LogP contribution in [-0.2, 0) is 6.54 Å². The Hall–Kier alpha value is -2.89. The van der Waals surface area contributed by atoms with Crippen molar-refractivity contribution < 1.29 is 4.79 Å². The van der Waals surface area contributed by atoms with Gasteiger partial charge < -0.3 is 10.6 Å². The van der Waals surface area contributed by atoms with E-state index >= 15 is 0 Å². The third-order valence-corrected chi connectivity index (χ3v) is 5.51. The summed E-state index contributed by atoms with van der Waals surface area (Å²) in [4.78, 5) is 19.9. The molecular formula is C22H27N5O. The lowest BCUT2D eigenvalue weighted by atomic mass is 9.92. The molecule has 0 saturated carbocycles. The Kier molecular flexibility index (Phi) is 5.03. The number of nitrogens with zero attached hydrogens (tertiary/aromatic N) is 4. The minimum atomic E-state index is 0.0592. The molecule has 1 aliphatic rings. The first-order valence-corrected chi connectivity index (χ1v) is 10.0. The third kappa shape index (κ3) is 3.46. The molecule has 1 aliphatic heterocycles. The molecule has 3 aromatic rings. The predicted octanol–water partition coefficient (Wildman–Crippen LogP) is 3.75. The first-order chi connectivity index (χ1) is 13.6. The number of likely N-dealkylation sites (tertiary alicyclic amines) is 1. The van der Waals surface area contributed by atoms with Crippen molar-refractivity contribution in [1.29, 1.82) is 0 Å². The van der Waals surface area contributed by atoms with Gasteiger partial charge in [0.05, 0.1) is 28.2 Å². The third-order valence-electron chi connectivity index (χ3n) is 5.51. The average molecular weight is 377 g/mol. The quantitative estimate of drug-likeness (QED) is 0.751. The summed E-state index contributed by atoms with van der Waals surface area (Å²) >= 11 is 0. The van der Waals surface area contributed by atoms with E-state index in [4.69, 9.17) is 10.7 Å². The highest BCUT2D eigenvalue weighted by molar-refractivity contribution is 5.95. The molecule has 3 heterocycles. The second kappa shape index (κ2) is 7.62. The maximum atomic E-state index is 13.1. The smallest absolute Gasteiger partial charge is 0.257 e. The number of pyridine rings is 1. The van der Waals surface area contributed by atoms with Crippen LogP contribution in [0.25, 0.3) is 10.9 Å². The van der Waals surface area contributed by atoms with E-state index in [1.165, 1.54) is 0 Å². The molecule has 28 heavy (non-hydrogen) atoms. The zero-order chi connectivity index (χ0) is 19.7. The number of rotatable bonds is 4. The lowest BCUT2D eigenvalue weighted by molar-refractivity contribution is 0.0705. The van der Waals surface area contributed by atoms with Gasteiger partial charge in [-0.3, -0.25) is 14.5 Å². The zero-order valence-electron chi connectivity index (χ0n) is 16.6. The van der Waals surface area contributed by atoms with Crippen molar-refractivity contribution in [2.24, 2.45) is 0 Å². The summed E-state index contributed by atoms with van der Waals surface area (Å²) in [7, 11) is 0. The number of hydrogen-bond donors (Lipinski definition) is 1. The van der Waals surface area contributed by atoms with Crippen LogP contribution in [0.5, 0.6) is 0 Å². The van der Waals surface area contributed by atoms with E-state index in [0.29, 0.717) is 17.8 Å². The van der Waals surface area contributed by atoms with Gasteiger partial charge in [0.2, 0.25) is 0 Å².